The molecule has 0 amide bonds. The molecule has 100 heavy (non-hydrogen) atoms. The third-order valence-electron chi connectivity index (χ3n) is 21.4. The minimum absolute atomic E-state index is 0.217. The van der Waals surface area contributed by atoms with E-state index >= 15 is 0 Å². The van der Waals surface area contributed by atoms with Crippen LogP contribution in [0.2, 0.25) is 0 Å². The van der Waals surface area contributed by atoms with Gasteiger partial charge in [-0.2, -0.15) is 0 Å². The summed E-state index contributed by atoms with van der Waals surface area (Å²) in [7, 11) is 0. The van der Waals surface area contributed by atoms with Gasteiger partial charge in [0, 0.05) is 103 Å². The Balaban J connectivity index is 0.836. The number of fused-ring (bicyclic) bond motifs is 17. The first-order chi connectivity index (χ1) is 49.6. The maximum atomic E-state index is 7.90. The van der Waals surface area contributed by atoms with Crippen molar-refractivity contribution in [2.24, 2.45) is 0 Å². The molecule has 0 saturated carbocycles. The lowest BCUT2D eigenvalue weighted by atomic mass is 9.33. The van der Waals surface area contributed by atoms with E-state index in [4.69, 9.17) is 9.47 Å². The molecule has 0 saturated heterocycles. The molecule has 15 aromatic rings. The summed E-state index contributed by atoms with van der Waals surface area (Å²) in [5.74, 6) is 3.08. The first-order valence-electron chi connectivity index (χ1n) is 34.5. The van der Waals surface area contributed by atoms with Crippen LogP contribution in [0.25, 0.3) is 11.1 Å². The monoisotopic (exact) mass is 1280 g/mol. The summed E-state index contributed by atoms with van der Waals surface area (Å²) in [6.45, 7) is -0.448. The molecule has 6 aliphatic rings. The van der Waals surface area contributed by atoms with Gasteiger partial charge in [-0.15, -0.1) is 0 Å². The molecule has 15 aromatic carbocycles. The van der Waals surface area contributed by atoms with Gasteiger partial charge in [-0.25, -0.2) is 0 Å². The second kappa shape index (κ2) is 22.0. The predicted octanol–water partition coefficient (Wildman–Crippen LogP) is 19.6. The first-order valence-corrected chi connectivity index (χ1v) is 34.5. The van der Waals surface area contributed by atoms with E-state index in [1.165, 1.54) is 44.1 Å². The third kappa shape index (κ3) is 8.17. The van der Waals surface area contributed by atoms with Gasteiger partial charge >= 0.3 is 0 Å². The maximum absolute atomic E-state index is 7.90. The highest BCUT2D eigenvalue weighted by molar-refractivity contribution is 7.01. The normalized spacial score (nSPS) is 13.7. The van der Waals surface area contributed by atoms with Crippen LogP contribution >= 0.6 is 0 Å². The molecule has 0 unspecified atom stereocenters. The Morgan fingerprint density at radius 1 is 0.230 bits per heavy atom. The first kappa shape index (κ1) is 56.2. The summed E-state index contributed by atoms with van der Waals surface area (Å²) >= 11 is 0. The number of para-hydroxylation sites is 9. The Morgan fingerprint density at radius 3 is 1.05 bits per heavy atom. The van der Waals surface area contributed by atoms with Crippen LogP contribution in [0.1, 0.15) is 22.3 Å². The van der Waals surface area contributed by atoms with Crippen LogP contribution in [0.5, 0.6) is 23.0 Å². The summed E-state index contributed by atoms with van der Waals surface area (Å²) in [6.07, 6.45) is 0. The highest BCUT2D eigenvalue weighted by Crippen LogP contribution is 2.64. The summed E-state index contributed by atoms with van der Waals surface area (Å²) in [4.78, 5) is 12.2. The van der Waals surface area contributed by atoms with Gasteiger partial charge in [0.2, 0.25) is 0 Å². The van der Waals surface area contributed by atoms with E-state index < -0.39 is 5.41 Å². The Bertz CT molecular complexity index is 5670. The molecule has 0 N–H and O–H groups in total. The SMILES string of the molecule is c1ccc(N(c2ccccc2)c2cc3c4c(c2)N(c2ccccc2)c2ccccc2B4c2cc4c(cc2O3)Oc2cc3c(cc2C42c4ccccc4-c4ccccc42)B2c4ccccc4N(c4ccccc4)c4cc(N(c5ccccc5)c5ccccc5)cc(c42)N3c2ccccc2)cc1. The van der Waals surface area contributed by atoms with Crippen molar-refractivity contribution in [1.82, 2.24) is 0 Å². The minimum Gasteiger partial charge on any atom is -0.458 e. The summed E-state index contributed by atoms with van der Waals surface area (Å²) in [5.41, 5.74) is 29.1. The highest BCUT2D eigenvalue weighted by atomic mass is 16.5. The molecule has 0 aromatic heterocycles. The van der Waals surface area contributed by atoms with E-state index in [1.54, 1.807) is 0 Å². The fraction of sp³-hybridized carbons (Fsp3) is 0.0110. The molecule has 5 heterocycles. The highest BCUT2D eigenvalue weighted by Gasteiger charge is 2.55. The zero-order valence-corrected chi connectivity index (χ0v) is 54.3. The van der Waals surface area contributed by atoms with Crippen molar-refractivity contribution < 1.29 is 9.47 Å². The lowest BCUT2D eigenvalue weighted by Gasteiger charge is -2.46. The van der Waals surface area contributed by atoms with Gasteiger partial charge in [0.1, 0.15) is 23.0 Å². The Kier molecular flexibility index (Phi) is 12.4. The molecule has 1 spiro atoms. The number of nitrogens with zero attached hydrogens (tertiary/aromatic N) is 5. The van der Waals surface area contributed by atoms with Gasteiger partial charge in [0.25, 0.3) is 13.4 Å². The molecule has 0 fully saturated rings. The molecular formula is C91H59B2N5O2. The Hall–Kier alpha value is -13.0. The van der Waals surface area contributed by atoms with Gasteiger partial charge in [-0.3, -0.25) is 0 Å². The topological polar surface area (TPSA) is 34.7 Å². The predicted molar refractivity (Wildman–Crippen MR) is 413 cm³/mol. The lowest BCUT2D eigenvalue weighted by Crippen LogP contribution is -2.61. The minimum atomic E-state index is -0.871. The van der Waals surface area contributed by atoms with Crippen molar-refractivity contribution in [3.8, 4) is 34.1 Å². The largest absolute Gasteiger partial charge is 0.458 e. The smallest absolute Gasteiger partial charge is 0.256 e. The van der Waals surface area contributed by atoms with Crippen LogP contribution in [0.4, 0.5) is 85.3 Å². The van der Waals surface area contributed by atoms with Gasteiger partial charge < -0.3 is 34.0 Å². The molecule has 1 aliphatic carbocycles. The van der Waals surface area contributed by atoms with E-state index in [-0.39, 0.29) is 13.4 Å². The van der Waals surface area contributed by atoms with Crippen LogP contribution < -0.4 is 66.8 Å². The van der Waals surface area contributed by atoms with E-state index in [0.717, 1.165) is 130 Å². The van der Waals surface area contributed by atoms with Crippen LogP contribution in [-0.2, 0) is 5.41 Å². The molecule has 0 radical (unpaired) electrons. The maximum Gasteiger partial charge on any atom is 0.256 e. The molecule has 9 heteroatoms. The number of hydrogen-bond acceptors (Lipinski definition) is 7. The zero-order chi connectivity index (χ0) is 65.6. The average Bonchev–Trinajstić information content (AvgIpc) is 1.59. The summed E-state index contributed by atoms with van der Waals surface area (Å²) < 4.78 is 15.6. The fourth-order valence-electron chi connectivity index (χ4n) is 17.5. The lowest BCUT2D eigenvalue weighted by molar-refractivity contribution is 0.428. The van der Waals surface area contributed by atoms with Crippen molar-refractivity contribution >= 4 is 132 Å². The molecular weight excluding hydrogens is 1220 g/mol. The molecule has 5 aliphatic heterocycles. The third-order valence-corrected chi connectivity index (χ3v) is 21.4. The molecule has 466 valence electrons. The molecule has 0 atom stereocenters. The number of rotatable bonds is 9. The standard InChI is InChI=1S/C91H59B2N5O2/c1-8-30-60(31-9-1)94(61-32-10-2-11-33-61)67-52-82-89-83(53-67)98(66-42-20-7-21-43-66)81-58-85-73(56-77(81)92(89)75-48-26-28-50-79(75)96(82)64-38-16-5-17-39-64)91(71-46-24-22-44-69(71)70-45-23-25-47-72(70)91)74-57-78-87(59-86(74)99-85)100-88-55-68(95(62-34-12-3-13-35-62)63-36-14-4-15-37-63)54-84-90(88)93(78)76-49-27-29-51-80(76)97(84)65-40-18-6-19-41-65/h1-59H. The van der Waals surface area contributed by atoms with Crippen molar-refractivity contribution in [2.75, 3.05) is 24.5 Å². The summed E-state index contributed by atoms with van der Waals surface area (Å²) in [5, 5.41) is 0. The molecule has 0 bridgehead atoms. The second-order valence-electron chi connectivity index (χ2n) is 26.6. The van der Waals surface area contributed by atoms with Crippen molar-refractivity contribution in [2.45, 2.75) is 5.41 Å². The Labute approximate surface area is 581 Å². The van der Waals surface area contributed by atoms with Crippen molar-refractivity contribution in [3.05, 3.63) is 380 Å². The van der Waals surface area contributed by atoms with E-state index in [9.17, 15) is 0 Å². The number of anilines is 15. The van der Waals surface area contributed by atoms with E-state index in [0.29, 0.717) is 0 Å². The van der Waals surface area contributed by atoms with E-state index in [2.05, 4.69) is 382 Å². The van der Waals surface area contributed by atoms with Gasteiger partial charge in [-0.1, -0.05) is 224 Å². The summed E-state index contributed by atoms with van der Waals surface area (Å²) in [6, 6.07) is 131. The van der Waals surface area contributed by atoms with Crippen LogP contribution in [0.15, 0.2) is 358 Å². The number of hydrogen-bond donors (Lipinski definition) is 0. The van der Waals surface area contributed by atoms with Crippen LogP contribution in [0.3, 0.4) is 0 Å². The van der Waals surface area contributed by atoms with Crippen LogP contribution in [-0.4, -0.2) is 13.4 Å². The number of ether oxygens (including phenoxy) is 2. The second-order valence-corrected chi connectivity index (χ2v) is 26.6. The van der Waals surface area contributed by atoms with Crippen LogP contribution in [0, 0.1) is 0 Å². The van der Waals surface area contributed by atoms with Crippen molar-refractivity contribution in [3.63, 3.8) is 0 Å². The fourth-order valence-corrected chi connectivity index (χ4v) is 17.5. The van der Waals surface area contributed by atoms with Gasteiger partial charge in [0.15, 0.2) is 0 Å². The van der Waals surface area contributed by atoms with E-state index in [1.807, 2.05) is 0 Å². The van der Waals surface area contributed by atoms with Crippen molar-refractivity contribution in [1.29, 1.82) is 0 Å². The molecule has 7 nitrogen and oxygen atoms in total. The number of benzene rings is 15. The zero-order valence-electron chi connectivity index (χ0n) is 54.3. The quantitative estimate of drug-likeness (QED) is 0.133. The van der Waals surface area contributed by atoms with Gasteiger partial charge in [0.05, 0.1) is 16.8 Å². The molecule has 21 rings (SSSR count). The van der Waals surface area contributed by atoms with Gasteiger partial charge in [-0.05, 0) is 170 Å². The average molecular weight is 1280 g/mol. The Morgan fingerprint density at radius 2 is 0.580 bits per heavy atom.